The third kappa shape index (κ3) is 2.19. The molecule has 108 valence electrons. The van der Waals surface area contributed by atoms with Gasteiger partial charge in [-0.05, 0) is 43.0 Å². The first-order chi connectivity index (χ1) is 9.51. The third-order valence-corrected chi connectivity index (χ3v) is 4.80. The van der Waals surface area contributed by atoms with E-state index in [2.05, 4.69) is 30.9 Å². The number of ketones is 1. The van der Waals surface area contributed by atoms with Crippen LogP contribution in [0.15, 0.2) is 24.3 Å². The highest BCUT2D eigenvalue weighted by atomic mass is 16.5. The van der Waals surface area contributed by atoms with Crippen molar-refractivity contribution in [3.05, 3.63) is 24.3 Å². The monoisotopic (exact) mass is 273 g/mol. The molecule has 2 saturated heterocycles. The lowest BCUT2D eigenvalue weighted by atomic mass is 9.64. The Labute approximate surface area is 120 Å². The smallest absolute Gasteiger partial charge is 0.139 e. The molecule has 0 spiro atoms. The molecule has 3 aliphatic rings. The van der Waals surface area contributed by atoms with Gasteiger partial charge in [-0.3, -0.25) is 4.79 Å². The fourth-order valence-corrected chi connectivity index (χ4v) is 3.77. The van der Waals surface area contributed by atoms with Gasteiger partial charge in [0.1, 0.15) is 11.5 Å². The molecule has 0 radical (unpaired) electrons. The third-order valence-electron chi connectivity index (χ3n) is 4.80. The minimum atomic E-state index is 0.210. The highest BCUT2D eigenvalue weighted by Crippen LogP contribution is 2.46. The van der Waals surface area contributed by atoms with Gasteiger partial charge in [-0.15, -0.1) is 0 Å². The van der Waals surface area contributed by atoms with E-state index in [0.29, 0.717) is 24.9 Å². The van der Waals surface area contributed by atoms with Crippen LogP contribution in [0.1, 0.15) is 33.6 Å². The van der Waals surface area contributed by atoms with Crippen LogP contribution in [0, 0.1) is 11.3 Å². The molecule has 2 bridgehead atoms. The highest BCUT2D eigenvalue weighted by Gasteiger charge is 2.49. The lowest BCUT2D eigenvalue weighted by Crippen LogP contribution is -2.60. The van der Waals surface area contributed by atoms with Crippen LogP contribution in [0.3, 0.4) is 0 Å². The summed E-state index contributed by atoms with van der Waals surface area (Å²) in [5.74, 6) is 1.58. The maximum atomic E-state index is 12.0. The van der Waals surface area contributed by atoms with Crippen molar-refractivity contribution in [2.24, 2.45) is 11.3 Å². The Morgan fingerprint density at radius 2 is 2.00 bits per heavy atom. The Balaban J connectivity index is 1.85. The number of ether oxygens (including phenoxy) is 1. The number of fused-ring (bicyclic) bond motifs is 3. The van der Waals surface area contributed by atoms with E-state index >= 15 is 0 Å². The largest absolute Gasteiger partial charge is 0.494 e. The van der Waals surface area contributed by atoms with Crippen molar-refractivity contribution in [2.45, 2.75) is 39.7 Å². The van der Waals surface area contributed by atoms with Gasteiger partial charge in [-0.25, -0.2) is 0 Å². The van der Waals surface area contributed by atoms with Crippen molar-refractivity contribution in [1.82, 2.24) is 0 Å². The molecule has 3 heteroatoms. The Morgan fingerprint density at radius 1 is 1.30 bits per heavy atom. The van der Waals surface area contributed by atoms with Crippen molar-refractivity contribution in [3.63, 3.8) is 0 Å². The summed E-state index contributed by atoms with van der Waals surface area (Å²) in [6.45, 7) is 8.14. The molecule has 0 unspecified atom stereocenters. The number of nitrogens with zero attached hydrogens (tertiary/aromatic N) is 1. The normalized spacial score (nSPS) is 27.8. The molecule has 3 fully saturated rings. The fraction of sp³-hybridized carbons (Fsp3) is 0.588. The van der Waals surface area contributed by atoms with Gasteiger partial charge in [0, 0.05) is 30.6 Å². The molecule has 2 heterocycles. The molecule has 0 N–H and O–H groups in total. The van der Waals surface area contributed by atoms with Gasteiger partial charge in [0.2, 0.25) is 0 Å². The number of carbonyl (C=O) groups is 1. The Bertz CT molecular complexity index is 506. The molecule has 2 atom stereocenters. The van der Waals surface area contributed by atoms with Crippen LogP contribution in [0.25, 0.3) is 0 Å². The summed E-state index contributed by atoms with van der Waals surface area (Å²) >= 11 is 0. The van der Waals surface area contributed by atoms with Crippen LogP contribution in [0.5, 0.6) is 5.75 Å². The zero-order valence-corrected chi connectivity index (χ0v) is 12.6. The van der Waals surface area contributed by atoms with Crippen molar-refractivity contribution in [2.75, 3.05) is 18.1 Å². The van der Waals surface area contributed by atoms with E-state index in [1.165, 1.54) is 5.69 Å². The second kappa shape index (κ2) is 4.80. The number of piperidine rings is 2. The van der Waals surface area contributed by atoms with Crippen LogP contribution >= 0.6 is 0 Å². The molecular weight excluding hydrogens is 250 g/mol. The summed E-state index contributed by atoms with van der Waals surface area (Å²) in [5, 5.41) is 0. The van der Waals surface area contributed by atoms with Crippen molar-refractivity contribution in [3.8, 4) is 5.75 Å². The van der Waals surface area contributed by atoms with Crippen LogP contribution in [0.4, 0.5) is 5.69 Å². The van der Waals surface area contributed by atoms with Crippen LogP contribution in [-0.4, -0.2) is 25.0 Å². The maximum Gasteiger partial charge on any atom is 0.139 e. The number of benzene rings is 1. The van der Waals surface area contributed by atoms with Crippen LogP contribution in [0.2, 0.25) is 0 Å². The van der Waals surface area contributed by atoms with E-state index < -0.39 is 0 Å². The minimum absolute atomic E-state index is 0.210. The first kappa shape index (κ1) is 13.5. The van der Waals surface area contributed by atoms with E-state index in [1.54, 1.807) is 0 Å². The van der Waals surface area contributed by atoms with Gasteiger partial charge in [0.15, 0.2) is 0 Å². The highest BCUT2D eigenvalue weighted by molar-refractivity contribution is 5.86. The van der Waals surface area contributed by atoms with Gasteiger partial charge in [-0.2, -0.15) is 0 Å². The lowest BCUT2D eigenvalue weighted by Gasteiger charge is -2.54. The topological polar surface area (TPSA) is 29.5 Å². The quantitative estimate of drug-likeness (QED) is 0.846. The molecule has 1 aromatic carbocycles. The number of Topliss-reactive ketones (excluding diaryl/α,β-unsaturated/α-hetero) is 1. The summed E-state index contributed by atoms with van der Waals surface area (Å²) in [6, 6.07) is 8.61. The molecule has 2 aliphatic heterocycles. The average Bonchev–Trinajstić information content (AvgIpc) is 2.41. The fourth-order valence-electron chi connectivity index (χ4n) is 3.77. The molecule has 20 heavy (non-hydrogen) atoms. The van der Waals surface area contributed by atoms with Gasteiger partial charge in [0.05, 0.1) is 6.61 Å². The van der Waals surface area contributed by atoms with E-state index in [-0.39, 0.29) is 11.3 Å². The van der Waals surface area contributed by atoms with Crippen molar-refractivity contribution >= 4 is 11.5 Å². The van der Waals surface area contributed by atoms with Crippen LogP contribution < -0.4 is 9.64 Å². The predicted octanol–water partition coefficient (Wildman–Crippen LogP) is 3.28. The Hall–Kier alpha value is -1.51. The first-order valence-electron chi connectivity index (χ1n) is 7.53. The predicted molar refractivity (Wildman–Crippen MR) is 80.3 cm³/mol. The summed E-state index contributed by atoms with van der Waals surface area (Å²) in [7, 11) is 0. The molecule has 0 amide bonds. The Kier molecular flexibility index (Phi) is 3.23. The van der Waals surface area contributed by atoms with Crippen LogP contribution in [-0.2, 0) is 4.79 Å². The number of anilines is 1. The number of rotatable bonds is 3. The van der Waals surface area contributed by atoms with E-state index in [1.807, 2.05) is 19.1 Å². The lowest BCUT2D eigenvalue weighted by molar-refractivity contribution is -0.130. The van der Waals surface area contributed by atoms with Crippen molar-refractivity contribution in [1.29, 1.82) is 0 Å². The standard InChI is InChI=1S/C17H23NO2/c1-4-20-14-7-5-13(6-8-14)18-11-12-10-17(2,3)16(18)9-15(12)19/h5-8,12,16H,4,9-11H2,1-3H3/t12-,16+/m0/s1. The minimum Gasteiger partial charge on any atom is -0.494 e. The summed E-state index contributed by atoms with van der Waals surface area (Å²) in [6.07, 6.45) is 1.73. The van der Waals surface area contributed by atoms with Crippen molar-refractivity contribution < 1.29 is 9.53 Å². The molecule has 0 aromatic heterocycles. The van der Waals surface area contributed by atoms with Gasteiger partial charge in [-0.1, -0.05) is 13.8 Å². The summed E-state index contributed by atoms with van der Waals surface area (Å²) < 4.78 is 5.50. The molecule has 1 saturated carbocycles. The maximum absolute atomic E-state index is 12.0. The summed E-state index contributed by atoms with van der Waals surface area (Å²) in [4.78, 5) is 14.4. The number of carbonyl (C=O) groups excluding carboxylic acids is 1. The zero-order chi connectivity index (χ0) is 14.3. The van der Waals surface area contributed by atoms with E-state index in [4.69, 9.17) is 4.74 Å². The molecule has 1 aliphatic carbocycles. The van der Waals surface area contributed by atoms with E-state index in [0.717, 1.165) is 18.7 Å². The van der Waals surface area contributed by atoms with Gasteiger partial charge in [0.25, 0.3) is 0 Å². The SMILES string of the molecule is CCOc1ccc(N2C[C@@H]3CC(C)(C)[C@H]2CC3=O)cc1. The molecular formula is C17H23NO2. The molecule has 4 rings (SSSR count). The summed E-state index contributed by atoms with van der Waals surface area (Å²) in [5.41, 5.74) is 1.43. The van der Waals surface area contributed by atoms with Gasteiger partial charge >= 0.3 is 0 Å². The average molecular weight is 273 g/mol. The number of hydrogen-bond acceptors (Lipinski definition) is 3. The molecule has 3 nitrogen and oxygen atoms in total. The molecule has 1 aromatic rings. The second-order valence-electron chi connectivity index (χ2n) is 6.66. The second-order valence-corrected chi connectivity index (χ2v) is 6.66. The Morgan fingerprint density at radius 3 is 2.60 bits per heavy atom. The van der Waals surface area contributed by atoms with E-state index in [9.17, 15) is 4.79 Å². The van der Waals surface area contributed by atoms with Gasteiger partial charge < -0.3 is 9.64 Å². The zero-order valence-electron chi connectivity index (χ0n) is 12.6. The number of hydrogen-bond donors (Lipinski definition) is 0. The first-order valence-corrected chi connectivity index (χ1v) is 7.53.